The Morgan fingerprint density at radius 2 is 1.59 bits per heavy atom. The standard InChI is InChI=1S/C32H40O9/c1-15(11-18(34)12-16(2)28(39)40)19-13-23(37)32(8)24-20(35)14-21-29(4,5)22(36)9-10-30(21,6)25(24)26(38)27(31(19,32)7)41-17(3)33/h16,21,27H,9-14H2,1-8H3,(H,39,40)/t16?,21-,27+,30-,31-,32-/m0/s1. The van der Waals surface area contributed by atoms with Gasteiger partial charge in [-0.2, -0.15) is 0 Å². The Morgan fingerprint density at radius 1 is 0.976 bits per heavy atom. The van der Waals surface area contributed by atoms with Crippen LogP contribution in [0.3, 0.4) is 0 Å². The van der Waals surface area contributed by atoms with Gasteiger partial charge in [-0.3, -0.25) is 33.6 Å². The summed E-state index contributed by atoms with van der Waals surface area (Å²) in [5.41, 5.74) is -3.39. The minimum Gasteiger partial charge on any atom is -0.481 e. The van der Waals surface area contributed by atoms with Gasteiger partial charge in [0, 0.05) is 61.0 Å². The zero-order valence-corrected chi connectivity index (χ0v) is 25.2. The molecule has 1 unspecified atom stereocenters. The minimum absolute atomic E-state index is 0.0160. The van der Waals surface area contributed by atoms with E-state index >= 15 is 0 Å². The quantitative estimate of drug-likeness (QED) is 0.368. The second-order valence-corrected chi connectivity index (χ2v) is 13.7. The van der Waals surface area contributed by atoms with E-state index in [1.54, 1.807) is 34.6 Å². The molecule has 4 aliphatic carbocycles. The van der Waals surface area contributed by atoms with E-state index < -0.39 is 57.3 Å². The van der Waals surface area contributed by atoms with Crippen molar-refractivity contribution >= 4 is 40.9 Å². The molecule has 4 aliphatic rings. The number of esters is 1. The lowest BCUT2D eigenvalue weighted by molar-refractivity contribution is -0.167. The predicted molar refractivity (Wildman–Crippen MR) is 146 cm³/mol. The number of hydrogen-bond acceptors (Lipinski definition) is 8. The minimum atomic E-state index is -1.51. The molecule has 0 radical (unpaired) electrons. The predicted octanol–water partition coefficient (Wildman–Crippen LogP) is 4.15. The third-order valence-corrected chi connectivity index (χ3v) is 11.0. The lowest BCUT2D eigenvalue weighted by Crippen LogP contribution is -2.63. The zero-order chi connectivity index (χ0) is 31.0. The average Bonchev–Trinajstić information content (AvgIpc) is 3.07. The maximum Gasteiger partial charge on any atom is 0.306 e. The van der Waals surface area contributed by atoms with Crippen LogP contribution in [0.25, 0.3) is 0 Å². The normalized spacial score (nSPS) is 36.3. The molecule has 0 amide bonds. The van der Waals surface area contributed by atoms with E-state index in [2.05, 4.69) is 0 Å². The number of Topliss-reactive ketones (excluding diaryl/α,β-unsaturated/α-hetero) is 5. The number of allylic oxidation sites excluding steroid dienone is 2. The van der Waals surface area contributed by atoms with Gasteiger partial charge in [-0.15, -0.1) is 0 Å². The molecule has 2 saturated carbocycles. The summed E-state index contributed by atoms with van der Waals surface area (Å²) in [6.45, 7) is 13.1. The van der Waals surface area contributed by atoms with Crippen LogP contribution in [-0.4, -0.2) is 52.1 Å². The van der Waals surface area contributed by atoms with Crippen LogP contribution in [0.5, 0.6) is 0 Å². The second-order valence-electron chi connectivity index (χ2n) is 13.7. The van der Waals surface area contributed by atoms with Crippen LogP contribution in [-0.2, 0) is 38.3 Å². The number of ketones is 5. The van der Waals surface area contributed by atoms with Crippen molar-refractivity contribution in [3.05, 3.63) is 22.3 Å². The third kappa shape index (κ3) is 4.13. The molecule has 0 heterocycles. The van der Waals surface area contributed by atoms with Crippen molar-refractivity contribution in [3.63, 3.8) is 0 Å². The molecule has 0 spiro atoms. The summed E-state index contributed by atoms with van der Waals surface area (Å²) < 4.78 is 5.75. The van der Waals surface area contributed by atoms with E-state index in [-0.39, 0.29) is 66.4 Å². The molecule has 2 fully saturated rings. The molecule has 9 heteroatoms. The van der Waals surface area contributed by atoms with Crippen LogP contribution in [0.15, 0.2) is 22.3 Å². The van der Waals surface area contributed by atoms with E-state index in [9.17, 15) is 38.7 Å². The van der Waals surface area contributed by atoms with Crippen molar-refractivity contribution < 1.29 is 43.4 Å². The van der Waals surface area contributed by atoms with Crippen molar-refractivity contribution in [3.8, 4) is 0 Å². The fourth-order valence-corrected chi connectivity index (χ4v) is 8.45. The Labute approximate surface area is 240 Å². The van der Waals surface area contributed by atoms with Gasteiger partial charge in [0.05, 0.1) is 16.7 Å². The molecule has 0 aromatic heterocycles. The van der Waals surface area contributed by atoms with Crippen molar-refractivity contribution in [2.75, 3.05) is 0 Å². The molecule has 4 rings (SSSR count). The molecule has 1 N–H and O–H groups in total. The SMILES string of the molecule is CC(=O)O[C@@H]1C(=O)C2=C(C(=O)C[C@H]3C(C)(C)C(=O)CC[C@]23C)[C@]2(C)C(=O)CC(=C(C)CC(=O)CC(C)C(=O)O)[C@@]12C. The maximum atomic E-state index is 14.6. The highest BCUT2D eigenvalue weighted by Crippen LogP contribution is 2.69. The molecule has 0 aromatic carbocycles. The Bertz CT molecular complexity index is 1380. The molecular weight excluding hydrogens is 528 g/mol. The number of carbonyl (C=O) groups excluding carboxylic acids is 6. The highest BCUT2D eigenvalue weighted by atomic mass is 16.5. The van der Waals surface area contributed by atoms with Crippen molar-refractivity contribution in [1.29, 1.82) is 0 Å². The smallest absolute Gasteiger partial charge is 0.306 e. The van der Waals surface area contributed by atoms with Crippen LogP contribution in [0, 0.1) is 33.5 Å². The molecule has 0 saturated heterocycles. The van der Waals surface area contributed by atoms with Gasteiger partial charge in [-0.1, -0.05) is 45.8 Å². The van der Waals surface area contributed by atoms with Gasteiger partial charge in [0.15, 0.2) is 11.9 Å². The molecule has 41 heavy (non-hydrogen) atoms. The van der Waals surface area contributed by atoms with Crippen molar-refractivity contribution in [2.24, 2.45) is 33.5 Å². The monoisotopic (exact) mass is 568 g/mol. The fraction of sp³-hybridized carbons (Fsp3) is 0.656. The first-order chi connectivity index (χ1) is 18.8. The second kappa shape index (κ2) is 9.66. The van der Waals surface area contributed by atoms with Gasteiger partial charge < -0.3 is 9.84 Å². The first-order valence-electron chi connectivity index (χ1n) is 14.3. The van der Waals surface area contributed by atoms with Crippen molar-refractivity contribution in [2.45, 2.75) is 100 Å². The van der Waals surface area contributed by atoms with Crippen LogP contribution in [0.2, 0.25) is 0 Å². The molecular formula is C32H40O9. The Balaban J connectivity index is 1.96. The summed E-state index contributed by atoms with van der Waals surface area (Å²) >= 11 is 0. The van der Waals surface area contributed by atoms with Gasteiger partial charge in [0.1, 0.15) is 17.3 Å². The van der Waals surface area contributed by atoms with Crippen LogP contribution < -0.4 is 0 Å². The maximum absolute atomic E-state index is 14.6. The molecule has 0 bridgehead atoms. The molecule has 222 valence electrons. The van der Waals surface area contributed by atoms with Crippen LogP contribution in [0.4, 0.5) is 0 Å². The van der Waals surface area contributed by atoms with Crippen LogP contribution in [0.1, 0.15) is 93.9 Å². The van der Waals surface area contributed by atoms with Gasteiger partial charge >= 0.3 is 11.9 Å². The summed E-state index contributed by atoms with van der Waals surface area (Å²) in [5, 5.41) is 9.22. The Morgan fingerprint density at radius 3 is 2.15 bits per heavy atom. The number of carboxylic acid groups (broad SMARTS) is 1. The number of rotatable bonds is 6. The van der Waals surface area contributed by atoms with Gasteiger partial charge in [-0.05, 0) is 26.2 Å². The molecule has 6 atom stereocenters. The first-order valence-corrected chi connectivity index (χ1v) is 14.3. The largest absolute Gasteiger partial charge is 0.481 e. The van der Waals surface area contributed by atoms with E-state index in [0.717, 1.165) is 0 Å². The number of fused-ring (bicyclic) bond motifs is 4. The number of carboxylic acids is 1. The zero-order valence-electron chi connectivity index (χ0n) is 25.2. The average molecular weight is 569 g/mol. The number of aliphatic carboxylic acids is 1. The third-order valence-electron chi connectivity index (χ3n) is 11.0. The molecule has 0 aromatic rings. The Hall–Kier alpha value is -3.23. The lowest BCUT2D eigenvalue weighted by Gasteiger charge is -2.59. The molecule has 9 nitrogen and oxygen atoms in total. The van der Waals surface area contributed by atoms with Crippen LogP contribution >= 0.6 is 0 Å². The summed E-state index contributed by atoms with van der Waals surface area (Å²) in [5.74, 6) is -4.67. The highest BCUT2D eigenvalue weighted by molar-refractivity contribution is 6.19. The first kappa shape index (κ1) is 30.7. The summed E-state index contributed by atoms with van der Waals surface area (Å²) in [6.07, 6.45) is -1.32. The summed E-state index contributed by atoms with van der Waals surface area (Å²) in [7, 11) is 0. The number of ether oxygens (including phenoxy) is 1. The Kier molecular flexibility index (Phi) is 7.24. The van der Waals surface area contributed by atoms with E-state index in [1.807, 2.05) is 6.92 Å². The summed E-state index contributed by atoms with van der Waals surface area (Å²) in [6, 6.07) is 0. The van der Waals surface area contributed by atoms with Gasteiger partial charge in [-0.25, -0.2) is 0 Å². The lowest BCUT2D eigenvalue weighted by atomic mass is 9.43. The van der Waals surface area contributed by atoms with E-state index in [1.165, 1.54) is 13.8 Å². The number of hydrogen-bond donors (Lipinski definition) is 1. The summed E-state index contributed by atoms with van der Waals surface area (Å²) in [4.78, 5) is 92.2. The van der Waals surface area contributed by atoms with Gasteiger partial charge in [0.25, 0.3) is 0 Å². The molecule has 0 aliphatic heterocycles. The number of carbonyl (C=O) groups is 7. The highest BCUT2D eigenvalue weighted by Gasteiger charge is 2.73. The van der Waals surface area contributed by atoms with E-state index in [4.69, 9.17) is 4.74 Å². The van der Waals surface area contributed by atoms with Gasteiger partial charge in [0.2, 0.25) is 5.78 Å². The van der Waals surface area contributed by atoms with Crippen molar-refractivity contribution in [1.82, 2.24) is 0 Å². The van der Waals surface area contributed by atoms with E-state index in [0.29, 0.717) is 17.6 Å². The fourth-order valence-electron chi connectivity index (χ4n) is 8.45. The topological polar surface area (TPSA) is 149 Å².